The minimum absolute atomic E-state index is 0.187. The van der Waals surface area contributed by atoms with Crippen molar-refractivity contribution in [2.24, 2.45) is 0 Å². The maximum Gasteiger partial charge on any atom is 0.251 e. The van der Waals surface area contributed by atoms with Gasteiger partial charge in [0.1, 0.15) is 17.5 Å². The van der Waals surface area contributed by atoms with E-state index in [1.165, 1.54) is 12.1 Å². The largest absolute Gasteiger partial charge is 0.378 e. The van der Waals surface area contributed by atoms with E-state index in [2.05, 4.69) is 15.2 Å². The van der Waals surface area contributed by atoms with E-state index in [0.29, 0.717) is 42.0 Å². The van der Waals surface area contributed by atoms with Crippen LogP contribution in [0.5, 0.6) is 0 Å². The highest BCUT2D eigenvalue weighted by molar-refractivity contribution is 5.98. The molecule has 0 aliphatic carbocycles. The molecular formula is C24H25F2N5O2. The van der Waals surface area contributed by atoms with Gasteiger partial charge in [-0.25, -0.2) is 13.8 Å². The van der Waals surface area contributed by atoms with Crippen LogP contribution in [0.1, 0.15) is 34.8 Å². The minimum Gasteiger partial charge on any atom is -0.378 e. The number of morpholine rings is 1. The van der Waals surface area contributed by atoms with Crippen LogP contribution in [-0.2, 0) is 4.74 Å². The molecule has 3 heterocycles. The van der Waals surface area contributed by atoms with Crippen LogP contribution in [0, 0.1) is 11.6 Å². The number of nitrogens with one attached hydrogen (secondary N) is 1. The average Bonchev–Trinajstić information content (AvgIpc) is 3.32. The molecule has 9 heteroatoms. The Kier molecular flexibility index (Phi) is 5.80. The lowest BCUT2D eigenvalue weighted by molar-refractivity contribution is 0.0963. The van der Waals surface area contributed by atoms with Crippen LogP contribution < -0.4 is 15.1 Å². The van der Waals surface area contributed by atoms with E-state index in [0.717, 1.165) is 43.4 Å². The molecule has 2 saturated heterocycles. The standard InChI is InChI=1S/C24H25F2N5O2/c1-27-24(32)15-9-19(21-3-2-4-31(21)18-12-16(25)11-17(26)13-18)23-20(10-15)28-14-22(29-23)30-5-7-33-8-6-30/h9-14,21H,2-8H2,1H3,(H,27,32). The molecule has 33 heavy (non-hydrogen) atoms. The molecule has 1 atom stereocenters. The summed E-state index contributed by atoms with van der Waals surface area (Å²) < 4.78 is 33.4. The molecule has 172 valence electrons. The molecule has 5 rings (SSSR count). The first kappa shape index (κ1) is 21.5. The Morgan fingerprint density at radius 3 is 2.58 bits per heavy atom. The van der Waals surface area contributed by atoms with Crippen LogP contribution >= 0.6 is 0 Å². The number of hydrogen-bond acceptors (Lipinski definition) is 6. The van der Waals surface area contributed by atoms with Crippen LogP contribution in [0.3, 0.4) is 0 Å². The zero-order valence-corrected chi connectivity index (χ0v) is 18.4. The van der Waals surface area contributed by atoms with Gasteiger partial charge < -0.3 is 19.9 Å². The lowest BCUT2D eigenvalue weighted by Crippen LogP contribution is -2.36. The number of carbonyl (C=O) groups excluding carboxylic acids is 1. The van der Waals surface area contributed by atoms with Gasteiger partial charge in [0.25, 0.3) is 5.91 Å². The number of fused-ring (bicyclic) bond motifs is 1. The SMILES string of the molecule is CNC(=O)c1cc(C2CCCN2c2cc(F)cc(F)c2)c2nc(N3CCOCC3)cnc2c1. The van der Waals surface area contributed by atoms with Gasteiger partial charge in [-0.2, -0.15) is 0 Å². The van der Waals surface area contributed by atoms with Crippen LogP contribution in [0.4, 0.5) is 20.3 Å². The van der Waals surface area contributed by atoms with Gasteiger partial charge in [0.15, 0.2) is 0 Å². The summed E-state index contributed by atoms with van der Waals surface area (Å²) in [5, 5.41) is 2.66. The molecular weight excluding hydrogens is 428 g/mol. The Balaban J connectivity index is 1.64. The molecule has 7 nitrogen and oxygen atoms in total. The Morgan fingerprint density at radius 2 is 1.85 bits per heavy atom. The second-order valence-electron chi connectivity index (χ2n) is 8.32. The topological polar surface area (TPSA) is 70.6 Å². The molecule has 3 aromatic rings. The lowest BCUT2D eigenvalue weighted by atomic mass is 9.98. The molecule has 0 bridgehead atoms. The number of hydrogen-bond donors (Lipinski definition) is 1. The summed E-state index contributed by atoms with van der Waals surface area (Å²) in [6, 6.07) is 6.93. The Hall–Kier alpha value is -3.33. The van der Waals surface area contributed by atoms with Gasteiger partial charge in [-0.3, -0.25) is 9.78 Å². The summed E-state index contributed by atoms with van der Waals surface area (Å²) in [6.45, 7) is 3.36. The second-order valence-corrected chi connectivity index (χ2v) is 8.32. The molecule has 1 unspecified atom stereocenters. The van der Waals surface area contributed by atoms with E-state index in [1.54, 1.807) is 19.3 Å². The predicted molar refractivity (Wildman–Crippen MR) is 122 cm³/mol. The predicted octanol–water partition coefficient (Wildman–Crippen LogP) is 3.45. The van der Waals surface area contributed by atoms with Gasteiger partial charge in [0.05, 0.1) is 36.5 Å². The van der Waals surface area contributed by atoms with E-state index in [9.17, 15) is 13.6 Å². The van der Waals surface area contributed by atoms with Gasteiger partial charge in [-0.15, -0.1) is 0 Å². The van der Waals surface area contributed by atoms with E-state index in [4.69, 9.17) is 9.72 Å². The van der Waals surface area contributed by atoms with Crippen molar-refractivity contribution in [3.8, 4) is 0 Å². The monoisotopic (exact) mass is 453 g/mol. The van der Waals surface area contributed by atoms with Gasteiger partial charge in [-0.05, 0) is 37.1 Å². The van der Waals surface area contributed by atoms with Crippen LogP contribution in [0.15, 0.2) is 36.5 Å². The number of anilines is 2. The van der Waals surface area contributed by atoms with Crippen molar-refractivity contribution < 1.29 is 18.3 Å². The number of nitrogens with zero attached hydrogens (tertiary/aromatic N) is 4. The quantitative estimate of drug-likeness (QED) is 0.653. The Labute approximate surface area is 190 Å². The van der Waals surface area contributed by atoms with E-state index < -0.39 is 11.6 Å². The van der Waals surface area contributed by atoms with E-state index >= 15 is 0 Å². The molecule has 2 aliphatic rings. The van der Waals surface area contributed by atoms with Crippen LogP contribution in [0.25, 0.3) is 11.0 Å². The fraction of sp³-hybridized carbons (Fsp3) is 0.375. The summed E-state index contributed by atoms with van der Waals surface area (Å²) in [7, 11) is 1.58. The van der Waals surface area contributed by atoms with Crippen LogP contribution in [-0.4, -0.2) is 55.8 Å². The van der Waals surface area contributed by atoms with Crippen molar-refractivity contribution in [3.05, 3.63) is 59.3 Å². The number of ether oxygens (including phenoxy) is 1. The number of rotatable bonds is 4. The number of carbonyl (C=O) groups is 1. The molecule has 1 amide bonds. The van der Waals surface area contributed by atoms with Gasteiger partial charge in [0.2, 0.25) is 0 Å². The van der Waals surface area contributed by atoms with Crippen molar-refractivity contribution in [2.75, 3.05) is 49.7 Å². The number of halogens is 2. The van der Waals surface area contributed by atoms with Crippen molar-refractivity contribution >= 4 is 28.4 Å². The smallest absolute Gasteiger partial charge is 0.251 e. The highest BCUT2D eigenvalue weighted by Crippen LogP contribution is 2.39. The highest BCUT2D eigenvalue weighted by Gasteiger charge is 2.30. The first-order chi connectivity index (χ1) is 16.0. The van der Waals surface area contributed by atoms with Gasteiger partial charge >= 0.3 is 0 Å². The first-order valence-electron chi connectivity index (χ1n) is 11.1. The number of aromatic nitrogens is 2. The summed E-state index contributed by atoms with van der Waals surface area (Å²) >= 11 is 0. The third-order valence-corrected chi connectivity index (χ3v) is 6.28. The minimum atomic E-state index is -0.617. The first-order valence-corrected chi connectivity index (χ1v) is 11.1. The summed E-state index contributed by atoms with van der Waals surface area (Å²) in [5.74, 6) is -0.706. The fourth-order valence-corrected chi connectivity index (χ4v) is 4.71. The molecule has 1 aromatic heterocycles. The van der Waals surface area contributed by atoms with E-state index in [-0.39, 0.29) is 11.9 Å². The van der Waals surface area contributed by atoms with Crippen LogP contribution in [0.2, 0.25) is 0 Å². The number of amides is 1. The highest BCUT2D eigenvalue weighted by atomic mass is 19.1. The zero-order valence-electron chi connectivity index (χ0n) is 18.4. The maximum atomic E-state index is 14.0. The van der Waals surface area contributed by atoms with Gasteiger partial charge in [0, 0.05) is 49.6 Å². The molecule has 0 saturated carbocycles. The summed E-state index contributed by atoms with van der Waals surface area (Å²) in [4.78, 5) is 26.2. The Morgan fingerprint density at radius 1 is 1.09 bits per heavy atom. The van der Waals surface area contributed by atoms with Crippen molar-refractivity contribution in [1.29, 1.82) is 0 Å². The van der Waals surface area contributed by atoms with Gasteiger partial charge in [-0.1, -0.05) is 0 Å². The number of benzene rings is 2. The molecule has 2 aromatic carbocycles. The van der Waals surface area contributed by atoms with E-state index in [1.807, 2.05) is 11.0 Å². The normalized spacial score (nSPS) is 18.7. The Bertz CT molecular complexity index is 1180. The second kappa shape index (κ2) is 8.90. The molecule has 2 aliphatic heterocycles. The summed E-state index contributed by atoms with van der Waals surface area (Å²) in [6.07, 6.45) is 3.35. The average molecular weight is 453 g/mol. The van der Waals surface area contributed by atoms with Crippen molar-refractivity contribution in [2.45, 2.75) is 18.9 Å². The van der Waals surface area contributed by atoms with Crippen molar-refractivity contribution in [3.63, 3.8) is 0 Å². The maximum absolute atomic E-state index is 14.0. The lowest BCUT2D eigenvalue weighted by Gasteiger charge is -2.30. The molecule has 0 radical (unpaired) electrons. The molecule has 2 fully saturated rings. The van der Waals surface area contributed by atoms with Crippen molar-refractivity contribution in [1.82, 2.24) is 15.3 Å². The summed E-state index contributed by atoms with van der Waals surface area (Å²) in [5.41, 5.74) is 3.09. The third kappa shape index (κ3) is 4.20. The fourth-order valence-electron chi connectivity index (χ4n) is 4.71. The molecule has 1 N–H and O–H groups in total. The zero-order chi connectivity index (χ0) is 22.9. The third-order valence-electron chi connectivity index (χ3n) is 6.28. The molecule has 0 spiro atoms.